The van der Waals surface area contributed by atoms with E-state index in [-0.39, 0.29) is 5.41 Å². The molecule has 8 aromatic rings. The third-order valence-corrected chi connectivity index (χ3v) is 13.0. The SMILES string of the molecule is CC1(C)c2ccccc2-c2c1c(-c1ccccc1)cc1c3cc(-c4ccccc4)ccc3n(C3=Cc4ccccc4N=S3(=O)c3ccccc3)c21. The zero-order valence-corrected chi connectivity index (χ0v) is 29.2. The van der Waals surface area contributed by atoms with Crippen molar-refractivity contribution < 1.29 is 4.21 Å². The topological polar surface area (TPSA) is 34.4 Å². The average molecular weight is 675 g/mol. The van der Waals surface area contributed by atoms with Crippen LogP contribution in [0.5, 0.6) is 0 Å². The highest BCUT2D eigenvalue weighted by molar-refractivity contribution is 8.02. The van der Waals surface area contributed by atoms with Crippen molar-refractivity contribution in [1.29, 1.82) is 0 Å². The zero-order chi connectivity index (χ0) is 34.3. The van der Waals surface area contributed by atoms with Crippen LogP contribution in [-0.4, -0.2) is 8.78 Å². The van der Waals surface area contributed by atoms with Gasteiger partial charge >= 0.3 is 0 Å². The fraction of sp³-hybridized carbons (Fsp3) is 0.0638. The van der Waals surface area contributed by atoms with Gasteiger partial charge < -0.3 is 0 Å². The predicted molar refractivity (Wildman–Crippen MR) is 213 cm³/mol. The van der Waals surface area contributed by atoms with Gasteiger partial charge in [0.1, 0.15) is 14.8 Å². The first-order valence-electron chi connectivity index (χ1n) is 17.4. The maximum atomic E-state index is 15.9. The highest BCUT2D eigenvalue weighted by Gasteiger charge is 2.41. The summed E-state index contributed by atoms with van der Waals surface area (Å²) in [5.41, 5.74) is 13.2. The molecule has 1 atom stereocenters. The van der Waals surface area contributed by atoms with Crippen LogP contribution in [0, 0.1) is 0 Å². The number of nitrogens with zero attached hydrogens (tertiary/aromatic N) is 2. The highest BCUT2D eigenvalue weighted by atomic mass is 32.2. The highest BCUT2D eigenvalue weighted by Crippen LogP contribution is 2.57. The van der Waals surface area contributed by atoms with E-state index in [0.717, 1.165) is 44.2 Å². The number of hydrogen-bond acceptors (Lipinski definition) is 2. The summed E-state index contributed by atoms with van der Waals surface area (Å²) in [5, 5.41) is 2.92. The number of fused-ring (bicyclic) bond motifs is 8. The second-order valence-corrected chi connectivity index (χ2v) is 16.1. The molecule has 0 amide bonds. The Morgan fingerprint density at radius 2 is 1.24 bits per heavy atom. The molecule has 2 heterocycles. The van der Waals surface area contributed by atoms with Gasteiger partial charge in [-0.15, -0.1) is 0 Å². The van der Waals surface area contributed by atoms with Crippen LogP contribution in [0.3, 0.4) is 0 Å². The van der Waals surface area contributed by atoms with Crippen LogP contribution in [0.15, 0.2) is 173 Å². The van der Waals surface area contributed by atoms with E-state index in [1.165, 1.54) is 33.4 Å². The van der Waals surface area contributed by atoms with Crippen molar-refractivity contribution >= 4 is 48.3 Å². The Morgan fingerprint density at radius 3 is 2.00 bits per heavy atom. The van der Waals surface area contributed by atoms with Crippen LogP contribution in [0.4, 0.5) is 5.69 Å². The van der Waals surface area contributed by atoms with Gasteiger partial charge in [-0.05, 0) is 81.4 Å². The van der Waals surface area contributed by atoms with Crippen LogP contribution in [0.1, 0.15) is 30.5 Å². The average Bonchev–Trinajstić information content (AvgIpc) is 3.63. The van der Waals surface area contributed by atoms with Gasteiger partial charge in [-0.2, -0.15) is 4.36 Å². The Morgan fingerprint density at radius 1 is 0.588 bits per heavy atom. The summed E-state index contributed by atoms with van der Waals surface area (Å²) in [5.74, 6) is 0. The molecule has 1 unspecified atom stereocenters. The molecule has 0 saturated heterocycles. The second-order valence-electron chi connectivity index (χ2n) is 14.0. The minimum atomic E-state index is -3.13. The van der Waals surface area contributed by atoms with Crippen molar-refractivity contribution in [3.05, 3.63) is 180 Å². The molecular formula is C47H34N2OS. The van der Waals surface area contributed by atoms with E-state index in [4.69, 9.17) is 4.36 Å². The second kappa shape index (κ2) is 11.0. The van der Waals surface area contributed by atoms with Crippen LogP contribution < -0.4 is 0 Å². The summed E-state index contributed by atoms with van der Waals surface area (Å²) in [6, 6.07) is 57.1. The Kier molecular flexibility index (Phi) is 6.46. The lowest BCUT2D eigenvalue weighted by Crippen LogP contribution is -2.16. The molecule has 0 N–H and O–H groups in total. The Labute approximate surface area is 298 Å². The van der Waals surface area contributed by atoms with Gasteiger partial charge in [-0.25, -0.2) is 4.21 Å². The Hall–Kier alpha value is -5.97. The van der Waals surface area contributed by atoms with Crippen LogP contribution >= 0.6 is 0 Å². The quantitative estimate of drug-likeness (QED) is 0.183. The molecule has 0 spiro atoms. The number of hydrogen-bond donors (Lipinski definition) is 0. The summed E-state index contributed by atoms with van der Waals surface area (Å²) in [6.07, 6.45) is 2.12. The van der Waals surface area contributed by atoms with Gasteiger partial charge in [-0.3, -0.25) is 4.57 Å². The van der Waals surface area contributed by atoms with E-state index in [2.05, 4.69) is 140 Å². The third kappa shape index (κ3) is 4.33. The zero-order valence-electron chi connectivity index (χ0n) is 28.4. The van der Waals surface area contributed by atoms with Gasteiger partial charge in [0.25, 0.3) is 0 Å². The van der Waals surface area contributed by atoms with Gasteiger partial charge in [0.15, 0.2) is 0 Å². The van der Waals surface area contributed by atoms with Crippen molar-refractivity contribution in [2.45, 2.75) is 24.2 Å². The molecule has 2 aliphatic rings. The minimum absolute atomic E-state index is 0.277. The van der Waals surface area contributed by atoms with Crippen LogP contribution in [0.25, 0.3) is 66.3 Å². The van der Waals surface area contributed by atoms with E-state index in [1.807, 2.05) is 48.5 Å². The molecule has 3 nitrogen and oxygen atoms in total. The van der Waals surface area contributed by atoms with Gasteiger partial charge in [-0.1, -0.05) is 141 Å². The first-order chi connectivity index (χ1) is 24.9. The van der Waals surface area contributed by atoms with Crippen molar-refractivity contribution in [3.63, 3.8) is 0 Å². The number of benzene rings is 7. The molecule has 0 fully saturated rings. The van der Waals surface area contributed by atoms with Crippen molar-refractivity contribution in [2.75, 3.05) is 0 Å². The summed E-state index contributed by atoms with van der Waals surface area (Å²) in [6.45, 7) is 4.68. The maximum Gasteiger partial charge on any atom is 0.126 e. The maximum absolute atomic E-state index is 15.9. The van der Waals surface area contributed by atoms with Crippen LogP contribution in [0.2, 0.25) is 0 Å². The fourth-order valence-corrected chi connectivity index (χ4v) is 10.5. The summed E-state index contributed by atoms with van der Waals surface area (Å²) in [4.78, 5) is 0.694. The van der Waals surface area contributed by atoms with Crippen molar-refractivity contribution in [2.24, 2.45) is 4.36 Å². The number of rotatable bonds is 4. The molecule has 244 valence electrons. The Balaban J connectivity index is 1.43. The predicted octanol–water partition coefficient (Wildman–Crippen LogP) is 12.6. The van der Waals surface area contributed by atoms with E-state index in [9.17, 15) is 0 Å². The molecule has 0 bridgehead atoms. The molecule has 10 rings (SSSR count). The number of aromatic nitrogens is 1. The third-order valence-electron chi connectivity index (χ3n) is 10.7. The van der Waals surface area contributed by atoms with Gasteiger partial charge in [0.2, 0.25) is 0 Å². The van der Waals surface area contributed by atoms with Crippen molar-refractivity contribution in [3.8, 4) is 33.4 Å². The molecule has 1 aromatic heterocycles. The fourth-order valence-electron chi connectivity index (χ4n) is 8.41. The van der Waals surface area contributed by atoms with Crippen molar-refractivity contribution in [1.82, 2.24) is 4.57 Å². The summed E-state index contributed by atoms with van der Waals surface area (Å²) < 4.78 is 23.3. The monoisotopic (exact) mass is 674 g/mol. The van der Waals surface area contributed by atoms with Crippen LogP contribution in [-0.2, 0) is 15.1 Å². The van der Waals surface area contributed by atoms with Gasteiger partial charge in [0, 0.05) is 27.3 Å². The lowest BCUT2D eigenvalue weighted by atomic mass is 9.78. The molecule has 51 heavy (non-hydrogen) atoms. The van der Waals surface area contributed by atoms with E-state index in [1.54, 1.807) is 0 Å². The summed E-state index contributed by atoms with van der Waals surface area (Å²) in [7, 11) is -3.13. The van der Waals surface area contributed by atoms with Gasteiger partial charge in [0.05, 0.1) is 21.6 Å². The Bertz CT molecular complexity index is 2860. The minimum Gasteiger partial charge on any atom is -0.300 e. The molecule has 1 aliphatic carbocycles. The normalized spacial score (nSPS) is 17.0. The molecule has 0 saturated carbocycles. The molecule has 7 aromatic carbocycles. The summed E-state index contributed by atoms with van der Waals surface area (Å²) >= 11 is 0. The first kappa shape index (κ1) is 29.9. The largest absolute Gasteiger partial charge is 0.300 e. The van der Waals surface area contributed by atoms with E-state index >= 15 is 4.21 Å². The van der Waals surface area contributed by atoms with E-state index < -0.39 is 9.73 Å². The first-order valence-corrected chi connectivity index (χ1v) is 18.9. The standard InChI is InChI=1S/C47H34N2OS/c1-47(2)40-24-14-13-23-36(40)44-45(47)37(32-18-8-4-9-19-32)30-39-38-28-33(31-16-6-3-7-17-31)26-27-42(38)49(46(39)44)43-29-34-20-12-15-25-41(34)48-51(43,50)35-21-10-5-11-22-35/h3-30H,1-2H3. The molecule has 1 aliphatic heterocycles. The molecule has 4 heteroatoms. The molecule has 0 radical (unpaired) electrons. The molecular weight excluding hydrogens is 641 g/mol. The lowest BCUT2D eigenvalue weighted by Gasteiger charge is -2.26. The van der Waals surface area contributed by atoms with E-state index in [0.29, 0.717) is 9.92 Å². The lowest BCUT2D eigenvalue weighted by molar-refractivity contribution is 0.662. The smallest absolute Gasteiger partial charge is 0.126 e.